The Morgan fingerprint density at radius 2 is 1.92 bits per heavy atom. The third-order valence-corrected chi connectivity index (χ3v) is 2.65. The lowest BCUT2D eigenvalue weighted by Gasteiger charge is -2.38. The van der Waals surface area contributed by atoms with Crippen LogP contribution in [0.15, 0.2) is 0 Å². The van der Waals surface area contributed by atoms with E-state index in [4.69, 9.17) is 10.5 Å². The molecule has 0 aromatic rings. The van der Waals surface area contributed by atoms with E-state index in [2.05, 4.69) is 5.32 Å². The van der Waals surface area contributed by atoms with Gasteiger partial charge < -0.3 is 15.8 Å². The number of hydrogen-bond acceptors (Lipinski definition) is 3. The number of piperidine rings is 1. The second-order valence-electron chi connectivity index (χ2n) is 3.67. The maximum atomic E-state index is 10.9. The topological polar surface area (TPSA) is 64.4 Å². The molecule has 2 bridgehead atoms. The van der Waals surface area contributed by atoms with Crippen molar-refractivity contribution in [3.63, 3.8) is 0 Å². The Balaban J connectivity index is 2.00. The van der Waals surface area contributed by atoms with Crippen molar-refractivity contribution in [1.82, 2.24) is 5.32 Å². The summed E-state index contributed by atoms with van der Waals surface area (Å²) in [6.45, 7) is 1.44. The zero-order valence-corrected chi connectivity index (χ0v) is 6.95. The normalized spacial score (nSPS) is 40.8. The number of amides is 1. The van der Waals surface area contributed by atoms with Crippen molar-refractivity contribution >= 4 is 5.91 Å². The first-order valence-electron chi connectivity index (χ1n) is 4.39. The number of nitrogens with two attached hydrogens (primary N) is 1. The highest BCUT2D eigenvalue weighted by Gasteiger charge is 2.34. The van der Waals surface area contributed by atoms with Gasteiger partial charge in [-0.1, -0.05) is 0 Å². The molecule has 3 N–H and O–H groups in total. The zero-order chi connectivity index (χ0) is 8.55. The third-order valence-electron chi connectivity index (χ3n) is 2.65. The zero-order valence-electron chi connectivity index (χ0n) is 6.95. The highest BCUT2D eigenvalue weighted by atomic mass is 16.5. The molecule has 0 radical (unpaired) electrons. The number of hydrogen-bond donors (Lipinski definition) is 2. The third kappa shape index (κ3) is 1.44. The molecule has 2 saturated heterocycles. The largest absolute Gasteiger partial charge is 0.378 e. The summed E-state index contributed by atoms with van der Waals surface area (Å²) in [5, 5.41) is 3.40. The van der Waals surface area contributed by atoms with Crippen LogP contribution in [0, 0.1) is 5.92 Å². The van der Waals surface area contributed by atoms with Crippen LogP contribution in [0.5, 0.6) is 0 Å². The van der Waals surface area contributed by atoms with E-state index in [1.807, 2.05) is 0 Å². The molecule has 2 aliphatic rings. The van der Waals surface area contributed by atoms with E-state index in [1.165, 1.54) is 0 Å². The van der Waals surface area contributed by atoms with Gasteiger partial charge in [-0.2, -0.15) is 0 Å². The maximum Gasteiger partial charge on any atom is 0.220 e. The van der Waals surface area contributed by atoms with Gasteiger partial charge in [0, 0.05) is 18.0 Å². The first kappa shape index (κ1) is 8.01. The lowest BCUT2D eigenvalue weighted by Crippen LogP contribution is -2.55. The van der Waals surface area contributed by atoms with Crippen molar-refractivity contribution in [3.8, 4) is 0 Å². The van der Waals surface area contributed by atoms with Gasteiger partial charge >= 0.3 is 0 Å². The lowest BCUT2D eigenvalue weighted by atomic mass is 9.87. The van der Waals surface area contributed by atoms with Gasteiger partial charge in [0.2, 0.25) is 5.91 Å². The Bertz CT molecular complexity index is 183. The second-order valence-corrected chi connectivity index (χ2v) is 3.67. The number of rotatable bonds is 1. The molecule has 4 nitrogen and oxygen atoms in total. The molecule has 2 fully saturated rings. The van der Waals surface area contributed by atoms with Gasteiger partial charge in [0.1, 0.15) is 0 Å². The number of carbonyl (C=O) groups excluding carboxylic acids is 1. The molecule has 2 aliphatic heterocycles. The van der Waals surface area contributed by atoms with Crippen molar-refractivity contribution in [3.05, 3.63) is 0 Å². The molecule has 4 heteroatoms. The molecule has 1 amide bonds. The molecule has 2 unspecified atom stereocenters. The van der Waals surface area contributed by atoms with Crippen LogP contribution < -0.4 is 11.1 Å². The average Bonchev–Trinajstić information content (AvgIpc) is 2.03. The SMILES string of the molecule is NC(=O)C1CC2COCC(C1)N2. The quantitative estimate of drug-likeness (QED) is 0.543. The molecular formula is C8H14N2O2. The fraction of sp³-hybridized carbons (Fsp3) is 0.875. The smallest absolute Gasteiger partial charge is 0.220 e. The molecule has 68 valence electrons. The highest BCUT2D eigenvalue weighted by Crippen LogP contribution is 2.23. The molecule has 2 heterocycles. The Morgan fingerprint density at radius 1 is 1.33 bits per heavy atom. The average molecular weight is 170 g/mol. The fourth-order valence-corrected chi connectivity index (χ4v) is 2.07. The molecule has 0 saturated carbocycles. The molecule has 0 spiro atoms. The molecule has 12 heavy (non-hydrogen) atoms. The summed E-state index contributed by atoms with van der Waals surface area (Å²) < 4.78 is 5.35. The standard InChI is InChI=1S/C8H14N2O2/c9-8(11)5-1-6-3-12-4-7(2-5)10-6/h5-7,10H,1-4H2,(H2,9,11). The van der Waals surface area contributed by atoms with Crippen LogP contribution in [0.1, 0.15) is 12.8 Å². The molecular weight excluding hydrogens is 156 g/mol. The van der Waals surface area contributed by atoms with Gasteiger partial charge in [0.15, 0.2) is 0 Å². The molecule has 2 rings (SSSR count). The van der Waals surface area contributed by atoms with Crippen LogP contribution >= 0.6 is 0 Å². The van der Waals surface area contributed by atoms with Crippen LogP contribution in [0.4, 0.5) is 0 Å². The number of fused-ring (bicyclic) bond motifs is 2. The van der Waals surface area contributed by atoms with E-state index in [-0.39, 0.29) is 11.8 Å². The summed E-state index contributed by atoms with van der Waals surface area (Å²) in [6, 6.07) is 0.685. The molecule has 2 atom stereocenters. The Labute approximate surface area is 71.4 Å². The monoisotopic (exact) mass is 170 g/mol. The van der Waals surface area contributed by atoms with Gasteiger partial charge in [-0.15, -0.1) is 0 Å². The van der Waals surface area contributed by atoms with Crippen molar-refractivity contribution < 1.29 is 9.53 Å². The van der Waals surface area contributed by atoms with E-state index < -0.39 is 0 Å². The summed E-state index contributed by atoms with van der Waals surface area (Å²) in [6.07, 6.45) is 1.68. The van der Waals surface area contributed by atoms with Crippen LogP contribution in [0.2, 0.25) is 0 Å². The van der Waals surface area contributed by atoms with Crippen LogP contribution in [-0.4, -0.2) is 31.2 Å². The Kier molecular flexibility index (Phi) is 2.02. The molecule has 0 aromatic carbocycles. The minimum Gasteiger partial charge on any atom is -0.378 e. The van der Waals surface area contributed by atoms with E-state index in [0.717, 1.165) is 26.1 Å². The number of ether oxygens (including phenoxy) is 1. The number of nitrogens with one attached hydrogen (secondary N) is 1. The van der Waals surface area contributed by atoms with Gasteiger partial charge in [-0.3, -0.25) is 4.79 Å². The van der Waals surface area contributed by atoms with Crippen LogP contribution in [0.3, 0.4) is 0 Å². The van der Waals surface area contributed by atoms with Crippen molar-refractivity contribution in [2.45, 2.75) is 24.9 Å². The summed E-state index contributed by atoms with van der Waals surface area (Å²) in [4.78, 5) is 10.9. The minimum atomic E-state index is -0.159. The van der Waals surface area contributed by atoms with Gasteiger partial charge in [0.25, 0.3) is 0 Å². The highest BCUT2D eigenvalue weighted by molar-refractivity contribution is 5.76. The second kappa shape index (κ2) is 3.03. The van der Waals surface area contributed by atoms with Crippen LogP contribution in [-0.2, 0) is 9.53 Å². The van der Waals surface area contributed by atoms with E-state index in [0.29, 0.717) is 12.1 Å². The fourth-order valence-electron chi connectivity index (χ4n) is 2.07. The predicted molar refractivity (Wildman–Crippen MR) is 43.4 cm³/mol. The predicted octanol–water partition coefficient (Wildman–Crippen LogP) is -0.761. The summed E-state index contributed by atoms with van der Waals surface area (Å²) in [5.41, 5.74) is 5.26. The number of primary amides is 1. The Morgan fingerprint density at radius 3 is 2.42 bits per heavy atom. The van der Waals surface area contributed by atoms with Crippen molar-refractivity contribution in [2.24, 2.45) is 11.7 Å². The van der Waals surface area contributed by atoms with E-state index in [9.17, 15) is 4.79 Å². The first-order chi connectivity index (χ1) is 5.75. The maximum absolute atomic E-state index is 10.9. The van der Waals surface area contributed by atoms with Gasteiger partial charge in [0.05, 0.1) is 13.2 Å². The number of carbonyl (C=O) groups is 1. The van der Waals surface area contributed by atoms with Gasteiger partial charge in [-0.05, 0) is 12.8 Å². The Hall–Kier alpha value is -0.610. The lowest BCUT2D eigenvalue weighted by molar-refractivity contribution is -0.124. The van der Waals surface area contributed by atoms with Gasteiger partial charge in [-0.25, -0.2) is 0 Å². The van der Waals surface area contributed by atoms with Crippen molar-refractivity contribution in [1.29, 1.82) is 0 Å². The minimum absolute atomic E-state index is 0.0603. The van der Waals surface area contributed by atoms with Crippen molar-refractivity contribution in [2.75, 3.05) is 13.2 Å². The summed E-state index contributed by atoms with van der Waals surface area (Å²) in [5.74, 6) is -0.0986. The first-order valence-corrected chi connectivity index (χ1v) is 4.39. The molecule has 0 aromatic heterocycles. The van der Waals surface area contributed by atoms with E-state index in [1.54, 1.807) is 0 Å². The van der Waals surface area contributed by atoms with E-state index >= 15 is 0 Å². The number of morpholine rings is 1. The summed E-state index contributed by atoms with van der Waals surface area (Å²) in [7, 11) is 0. The van der Waals surface area contributed by atoms with Crippen LogP contribution in [0.25, 0.3) is 0 Å². The summed E-state index contributed by atoms with van der Waals surface area (Å²) >= 11 is 0. The molecule has 0 aliphatic carbocycles.